The van der Waals surface area contributed by atoms with Crippen molar-refractivity contribution in [3.8, 4) is 11.9 Å². The summed E-state index contributed by atoms with van der Waals surface area (Å²) in [5.41, 5.74) is 0.921. The van der Waals surface area contributed by atoms with Gasteiger partial charge in [-0.25, -0.2) is 4.79 Å². The first-order valence-electron chi connectivity index (χ1n) is 8.15. The maximum atomic E-state index is 11.3. The topological polar surface area (TPSA) is 163 Å². The Balaban J connectivity index is 0.000000183. The molecule has 0 unspecified atom stereocenters. The molecule has 31 heavy (non-hydrogen) atoms. The molecule has 1 aliphatic heterocycles. The van der Waals surface area contributed by atoms with Crippen molar-refractivity contribution in [2.75, 3.05) is 19.5 Å². The summed E-state index contributed by atoms with van der Waals surface area (Å²) in [7, 11) is -3.73. The highest BCUT2D eigenvalue weighted by atomic mass is 35.5. The standard InChI is InChI=1S/C9H6O3S.C7H7ClN4O5S/c1-5-8-6-3-2-4-7(8)9(6)12-13(5,10)11;1-16-5-3(8)4(10-7(11-5)17-2)9-6(13)12-18(14)15/h2-4H,1H3;1-2H3,(H,9,10,11,13). The Morgan fingerprint density at radius 3 is 2.45 bits per heavy atom. The van der Waals surface area contributed by atoms with Crippen molar-refractivity contribution in [1.82, 2.24) is 9.97 Å². The van der Waals surface area contributed by atoms with Gasteiger partial charge < -0.3 is 13.7 Å². The molecule has 4 bridgehead atoms. The molecule has 12 nitrogen and oxygen atoms in total. The van der Waals surface area contributed by atoms with E-state index in [2.05, 4.69) is 14.3 Å². The Labute approximate surface area is 182 Å². The van der Waals surface area contributed by atoms with Crippen LogP contribution in [0.5, 0.6) is 11.9 Å². The fraction of sp³-hybridized carbons (Fsp3) is 0.188. The fourth-order valence-electron chi connectivity index (χ4n) is 2.69. The summed E-state index contributed by atoms with van der Waals surface area (Å²) >= 11 is 5.80. The van der Waals surface area contributed by atoms with Gasteiger partial charge in [0.15, 0.2) is 11.6 Å². The molecule has 0 saturated carbocycles. The van der Waals surface area contributed by atoms with Crippen LogP contribution in [0.2, 0.25) is 5.02 Å². The minimum atomic E-state index is -3.46. The van der Waals surface area contributed by atoms with Crippen LogP contribution in [-0.4, -0.2) is 47.1 Å². The van der Waals surface area contributed by atoms with Crippen molar-refractivity contribution in [3.63, 3.8) is 0 Å². The van der Waals surface area contributed by atoms with Gasteiger partial charge in [0.2, 0.25) is 5.88 Å². The van der Waals surface area contributed by atoms with E-state index in [0.717, 1.165) is 16.0 Å². The Hall–Kier alpha value is -3.23. The Morgan fingerprint density at radius 2 is 1.94 bits per heavy atom. The second-order valence-electron chi connectivity index (χ2n) is 5.77. The molecule has 2 heterocycles. The molecular formula is C16H13ClN4O8S2. The van der Waals surface area contributed by atoms with E-state index in [4.69, 9.17) is 25.3 Å². The summed E-state index contributed by atoms with van der Waals surface area (Å²) in [5, 5.41) is 3.69. The quantitative estimate of drug-likeness (QED) is 0.597. The minimum Gasteiger partial charge on any atom is -0.480 e. The van der Waals surface area contributed by atoms with Gasteiger partial charge in [0, 0.05) is 16.0 Å². The van der Waals surface area contributed by atoms with Crippen LogP contribution in [0.1, 0.15) is 12.5 Å². The third-order valence-electron chi connectivity index (χ3n) is 4.03. The maximum Gasteiger partial charge on any atom is 0.361 e. The number of amides is 2. The number of carbonyl (C=O) groups excluding carboxylic acids is 1. The largest absolute Gasteiger partial charge is 0.480 e. The molecule has 2 amide bonds. The minimum absolute atomic E-state index is 0.0398. The van der Waals surface area contributed by atoms with E-state index in [9.17, 15) is 21.6 Å². The average molecular weight is 489 g/mol. The van der Waals surface area contributed by atoms with Crippen LogP contribution in [0, 0.1) is 0 Å². The van der Waals surface area contributed by atoms with Gasteiger partial charge in [-0.3, -0.25) is 5.32 Å². The number of nitrogens with one attached hydrogen (secondary N) is 1. The smallest absolute Gasteiger partial charge is 0.361 e. The Kier molecular flexibility index (Phi) is 6.15. The Morgan fingerprint density at radius 1 is 1.23 bits per heavy atom. The van der Waals surface area contributed by atoms with Gasteiger partial charge in [0.05, 0.1) is 19.1 Å². The first-order chi connectivity index (χ1) is 14.6. The zero-order chi connectivity index (χ0) is 22.9. The van der Waals surface area contributed by atoms with E-state index in [1.807, 2.05) is 23.5 Å². The predicted octanol–water partition coefficient (Wildman–Crippen LogP) is 0.386. The summed E-state index contributed by atoms with van der Waals surface area (Å²) in [6, 6.07) is 4.36. The van der Waals surface area contributed by atoms with Crippen molar-refractivity contribution in [2.24, 2.45) is 4.36 Å². The molecule has 15 heteroatoms. The van der Waals surface area contributed by atoms with E-state index in [1.165, 1.54) is 14.2 Å². The normalized spacial score (nSPS) is 14.2. The molecule has 2 aliphatic rings. The lowest BCUT2D eigenvalue weighted by atomic mass is 9.97. The van der Waals surface area contributed by atoms with Crippen molar-refractivity contribution in [3.05, 3.63) is 39.2 Å². The number of aromatic nitrogens is 2. The van der Waals surface area contributed by atoms with Gasteiger partial charge in [-0.05, 0) is 6.92 Å². The van der Waals surface area contributed by atoms with E-state index < -0.39 is 26.6 Å². The van der Waals surface area contributed by atoms with Crippen LogP contribution in [0.25, 0.3) is 10.7 Å². The number of methoxy groups -OCH3 is 2. The summed E-state index contributed by atoms with van der Waals surface area (Å²) in [5.74, 6) is 0.296. The number of halogens is 1. The molecule has 0 fully saturated rings. The van der Waals surface area contributed by atoms with Crippen molar-refractivity contribution in [2.45, 2.75) is 6.92 Å². The van der Waals surface area contributed by atoms with Crippen molar-refractivity contribution in [1.29, 1.82) is 0 Å². The number of ether oxygens (including phenoxy) is 2. The van der Waals surface area contributed by atoms with Gasteiger partial charge in [-0.15, -0.1) is 0 Å². The van der Waals surface area contributed by atoms with Gasteiger partial charge in [0.1, 0.15) is 5.02 Å². The number of nitrogens with zero attached hydrogens (tertiary/aromatic N) is 3. The van der Waals surface area contributed by atoms with Crippen LogP contribution >= 0.6 is 11.6 Å². The van der Waals surface area contributed by atoms with E-state index in [-0.39, 0.29) is 22.7 Å². The van der Waals surface area contributed by atoms with Crippen LogP contribution < -0.4 is 25.2 Å². The number of hydrogen-bond acceptors (Lipinski definition) is 10. The SMILES string of the molecule is CC1=c2c3cccc2=C3OS1(=O)=O.COc1nc(NC(=O)N=S(=O)=O)c(Cl)c(OC)n1. The summed E-state index contributed by atoms with van der Waals surface area (Å²) < 4.78 is 60.1. The monoisotopic (exact) mass is 488 g/mol. The molecular weight excluding hydrogens is 476 g/mol. The fourth-order valence-corrected chi connectivity index (χ4v) is 4.07. The zero-order valence-electron chi connectivity index (χ0n) is 16.0. The van der Waals surface area contributed by atoms with Gasteiger partial charge in [0.25, 0.3) is 0 Å². The highest BCUT2D eigenvalue weighted by Crippen LogP contribution is 2.30. The molecule has 164 valence electrons. The molecule has 1 aliphatic carbocycles. The molecule has 1 aromatic carbocycles. The van der Waals surface area contributed by atoms with Crippen LogP contribution in [0.3, 0.4) is 0 Å². The summed E-state index contributed by atoms with van der Waals surface area (Å²) in [4.78, 5) is 18.9. The molecule has 1 N–H and O–H groups in total. The molecule has 0 atom stereocenters. The molecule has 0 saturated heterocycles. The van der Waals surface area contributed by atoms with Crippen LogP contribution in [0.15, 0.2) is 22.6 Å². The second kappa shape index (κ2) is 8.49. The second-order valence-corrected chi connectivity index (χ2v) is 8.45. The number of anilines is 1. The summed E-state index contributed by atoms with van der Waals surface area (Å²) in [6.45, 7) is 1.58. The Bertz CT molecular complexity index is 1460. The van der Waals surface area contributed by atoms with Gasteiger partial charge in [-0.2, -0.15) is 26.8 Å². The van der Waals surface area contributed by atoms with E-state index in [0.29, 0.717) is 10.7 Å². The van der Waals surface area contributed by atoms with E-state index >= 15 is 0 Å². The zero-order valence-corrected chi connectivity index (χ0v) is 18.4. The van der Waals surface area contributed by atoms with Crippen LogP contribution in [-0.2, 0) is 24.8 Å². The number of benzene rings is 1. The third kappa shape index (κ3) is 4.30. The number of urea groups is 1. The number of carbonyl (C=O) groups is 1. The maximum absolute atomic E-state index is 11.3. The average Bonchev–Trinajstić information content (AvgIpc) is 2.72. The predicted molar refractivity (Wildman–Crippen MR) is 108 cm³/mol. The first kappa shape index (κ1) is 22.5. The lowest BCUT2D eigenvalue weighted by Crippen LogP contribution is -2.47. The lowest BCUT2D eigenvalue weighted by molar-refractivity contribution is 0.260. The number of rotatable bonds is 3. The highest BCUT2D eigenvalue weighted by molar-refractivity contribution is 7.96. The van der Waals surface area contributed by atoms with Crippen LogP contribution in [0.4, 0.5) is 10.6 Å². The molecule has 0 spiro atoms. The van der Waals surface area contributed by atoms with Crippen molar-refractivity contribution >= 4 is 54.7 Å². The van der Waals surface area contributed by atoms with Gasteiger partial charge >= 0.3 is 32.7 Å². The highest BCUT2D eigenvalue weighted by Gasteiger charge is 2.33. The van der Waals surface area contributed by atoms with E-state index in [1.54, 1.807) is 6.92 Å². The van der Waals surface area contributed by atoms with Crippen molar-refractivity contribution < 1.29 is 35.3 Å². The molecule has 4 rings (SSSR count). The van der Waals surface area contributed by atoms with Gasteiger partial charge in [-0.1, -0.05) is 34.2 Å². The first-order valence-corrected chi connectivity index (χ1v) is 11.0. The lowest BCUT2D eigenvalue weighted by Gasteiger charge is -2.25. The third-order valence-corrected chi connectivity index (χ3v) is 6.03. The number of hydrogen-bond donors (Lipinski definition) is 1. The molecule has 0 radical (unpaired) electrons. The summed E-state index contributed by atoms with van der Waals surface area (Å²) in [6.07, 6.45) is 0. The molecule has 2 aromatic rings. The molecule has 1 aromatic heterocycles.